The molecule has 1 atom stereocenters. The van der Waals surface area contributed by atoms with Gasteiger partial charge in [-0.15, -0.1) is 0 Å². The summed E-state index contributed by atoms with van der Waals surface area (Å²) in [5, 5.41) is 0. The van der Waals surface area contributed by atoms with Crippen molar-refractivity contribution in [2.75, 3.05) is 12.8 Å². The van der Waals surface area contributed by atoms with E-state index in [4.69, 9.17) is 0 Å². The zero-order valence-electron chi connectivity index (χ0n) is 11.8. The molecular formula is C14H22N2O2S. The molecular weight excluding hydrogens is 260 g/mol. The molecule has 106 valence electrons. The molecule has 0 spiro atoms. The molecule has 0 fully saturated rings. The van der Waals surface area contributed by atoms with Gasteiger partial charge >= 0.3 is 0 Å². The monoisotopic (exact) mass is 282 g/mol. The quantitative estimate of drug-likeness (QED) is 0.852. The lowest BCUT2D eigenvalue weighted by atomic mass is 9.91. The third kappa shape index (κ3) is 3.34. The maximum Gasteiger partial charge on any atom is 0.211 e. The van der Waals surface area contributed by atoms with E-state index in [0.717, 1.165) is 25.0 Å². The molecule has 0 aliphatic heterocycles. The first-order valence-corrected chi connectivity index (χ1v) is 8.65. The van der Waals surface area contributed by atoms with Gasteiger partial charge in [0, 0.05) is 12.7 Å². The van der Waals surface area contributed by atoms with Crippen LogP contribution in [-0.2, 0) is 16.4 Å². The topological polar surface area (TPSA) is 50.3 Å². The van der Waals surface area contributed by atoms with Crippen LogP contribution in [0.3, 0.4) is 0 Å². The fraction of sp³-hybridized carbons (Fsp3) is 0.643. The Morgan fingerprint density at radius 3 is 2.84 bits per heavy atom. The largest absolute Gasteiger partial charge is 0.259 e. The van der Waals surface area contributed by atoms with Gasteiger partial charge in [-0.25, -0.2) is 8.42 Å². The molecule has 1 aliphatic rings. The molecule has 1 aliphatic carbocycles. The van der Waals surface area contributed by atoms with Crippen molar-refractivity contribution < 1.29 is 8.42 Å². The first kappa shape index (κ1) is 14.5. The van der Waals surface area contributed by atoms with Crippen LogP contribution < -0.4 is 0 Å². The highest BCUT2D eigenvalue weighted by Gasteiger charge is 2.32. The normalized spacial score (nSPS) is 19.7. The highest BCUT2D eigenvalue weighted by Crippen LogP contribution is 2.34. The van der Waals surface area contributed by atoms with Crippen LogP contribution >= 0.6 is 0 Å². The number of aryl methyl sites for hydroxylation is 1. The lowest BCUT2D eigenvalue weighted by Gasteiger charge is -2.34. The van der Waals surface area contributed by atoms with E-state index in [1.165, 1.54) is 11.8 Å². The number of pyridine rings is 1. The molecule has 1 aromatic heterocycles. The Balaban J connectivity index is 2.39. The number of sulfonamides is 1. The molecule has 1 aromatic rings. The van der Waals surface area contributed by atoms with Crippen molar-refractivity contribution in [3.05, 3.63) is 29.6 Å². The van der Waals surface area contributed by atoms with Gasteiger partial charge in [0.25, 0.3) is 0 Å². The van der Waals surface area contributed by atoms with Crippen molar-refractivity contribution in [1.82, 2.24) is 9.29 Å². The van der Waals surface area contributed by atoms with Crippen molar-refractivity contribution in [3.63, 3.8) is 0 Å². The van der Waals surface area contributed by atoms with Gasteiger partial charge in [-0.1, -0.05) is 19.9 Å². The van der Waals surface area contributed by atoms with Crippen molar-refractivity contribution in [1.29, 1.82) is 0 Å². The lowest BCUT2D eigenvalue weighted by molar-refractivity contribution is 0.265. The van der Waals surface area contributed by atoms with E-state index in [9.17, 15) is 8.42 Å². The minimum Gasteiger partial charge on any atom is -0.259 e. The average Bonchev–Trinajstić information content (AvgIpc) is 2.34. The average molecular weight is 282 g/mol. The predicted octanol–water partition coefficient (Wildman–Crippen LogP) is 2.38. The molecule has 0 N–H and O–H groups in total. The zero-order chi connectivity index (χ0) is 14.0. The van der Waals surface area contributed by atoms with E-state index < -0.39 is 10.0 Å². The molecule has 0 bridgehead atoms. The SMILES string of the molecule is CC(C)CN([C@H]1CCCc2cccnc21)S(C)(=O)=O. The highest BCUT2D eigenvalue weighted by molar-refractivity contribution is 7.88. The van der Waals surface area contributed by atoms with Gasteiger partial charge in [-0.05, 0) is 36.8 Å². The van der Waals surface area contributed by atoms with Gasteiger partial charge in [0.2, 0.25) is 10.0 Å². The second-order valence-corrected chi connectivity index (χ2v) is 7.62. The van der Waals surface area contributed by atoms with Crippen LogP contribution in [0.25, 0.3) is 0 Å². The fourth-order valence-electron chi connectivity index (χ4n) is 2.72. The Morgan fingerprint density at radius 2 is 2.21 bits per heavy atom. The summed E-state index contributed by atoms with van der Waals surface area (Å²) >= 11 is 0. The molecule has 0 saturated carbocycles. The minimum atomic E-state index is -3.21. The summed E-state index contributed by atoms with van der Waals surface area (Å²) in [6.45, 7) is 4.64. The van der Waals surface area contributed by atoms with Crippen LogP contribution in [0.2, 0.25) is 0 Å². The van der Waals surface area contributed by atoms with Crippen molar-refractivity contribution in [2.45, 2.75) is 39.2 Å². The fourth-order valence-corrected chi connectivity index (χ4v) is 3.96. The van der Waals surface area contributed by atoms with Crippen LogP contribution in [0.4, 0.5) is 0 Å². The Bertz CT molecular complexity index is 540. The second kappa shape index (κ2) is 5.59. The van der Waals surface area contributed by atoms with Crippen LogP contribution in [0.1, 0.15) is 44.0 Å². The molecule has 19 heavy (non-hydrogen) atoms. The summed E-state index contributed by atoms with van der Waals surface area (Å²) in [6.07, 6.45) is 5.94. The molecule has 0 saturated heterocycles. The number of nitrogens with zero attached hydrogens (tertiary/aromatic N) is 2. The maximum atomic E-state index is 12.1. The Labute approximate surface area is 115 Å². The van der Waals surface area contributed by atoms with Crippen molar-refractivity contribution >= 4 is 10.0 Å². The predicted molar refractivity (Wildman–Crippen MR) is 76.3 cm³/mol. The van der Waals surface area contributed by atoms with E-state index >= 15 is 0 Å². The molecule has 4 nitrogen and oxygen atoms in total. The first-order valence-electron chi connectivity index (χ1n) is 6.80. The molecule has 1 heterocycles. The number of hydrogen-bond acceptors (Lipinski definition) is 3. The first-order chi connectivity index (χ1) is 8.89. The van der Waals surface area contributed by atoms with E-state index in [1.807, 2.05) is 19.9 Å². The van der Waals surface area contributed by atoms with Gasteiger partial charge in [0.1, 0.15) is 0 Å². The Kier molecular flexibility index (Phi) is 4.26. The molecule has 2 rings (SSSR count). The van der Waals surface area contributed by atoms with Gasteiger partial charge < -0.3 is 0 Å². The molecule has 0 radical (unpaired) electrons. The third-order valence-corrected chi connectivity index (χ3v) is 4.74. The number of fused-ring (bicyclic) bond motifs is 1. The van der Waals surface area contributed by atoms with Crippen molar-refractivity contribution in [3.8, 4) is 0 Å². The highest BCUT2D eigenvalue weighted by atomic mass is 32.2. The summed E-state index contributed by atoms with van der Waals surface area (Å²) in [5.41, 5.74) is 2.14. The summed E-state index contributed by atoms with van der Waals surface area (Å²) in [6, 6.07) is 3.89. The van der Waals surface area contributed by atoms with E-state index in [-0.39, 0.29) is 6.04 Å². The summed E-state index contributed by atoms with van der Waals surface area (Å²) in [4.78, 5) is 4.44. The van der Waals surface area contributed by atoms with E-state index in [2.05, 4.69) is 11.1 Å². The molecule has 0 unspecified atom stereocenters. The van der Waals surface area contributed by atoms with E-state index in [0.29, 0.717) is 12.5 Å². The third-order valence-electron chi connectivity index (χ3n) is 3.48. The van der Waals surface area contributed by atoms with Crippen LogP contribution in [0.5, 0.6) is 0 Å². The zero-order valence-corrected chi connectivity index (χ0v) is 12.7. The van der Waals surface area contributed by atoms with Crippen LogP contribution in [0, 0.1) is 5.92 Å². The van der Waals surface area contributed by atoms with Gasteiger partial charge in [-0.2, -0.15) is 4.31 Å². The smallest absolute Gasteiger partial charge is 0.211 e. The Hall–Kier alpha value is -0.940. The van der Waals surface area contributed by atoms with Gasteiger partial charge in [0.05, 0.1) is 18.0 Å². The van der Waals surface area contributed by atoms with Gasteiger partial charge in [-0.3, -0.25) is 4.98 Å². The van der Waals surface area contributed by atoms with Crippen molar-refractivity contribution in [2.24, 2.45) is 5.92 Å². The summed E-state index contributed by atoms with van der Waals surface area (Å²) in [7, 11) is -3.21. The van der Waals surface area contributed by atoms with Crippen LogP contribution in [0.15, 0.2) is 18.3 Å². The maximum absolute atomic E-state index is 12.1. The van der Waals surface area contributed by atoms with Gasteiger partial charge in [0.15, 0.2) is 0 Å². The standard InChI is InChI=1S/C14H22N2O2S/c1-11(2)10-16(19(3,17)18)13-8-4-6-12-7-5-9-15-14(12)13/h5,7,9,11,13H,4,6,8,10H2,1-3H3/t13-/m0/s1. The van der Waals surface area contributed by atoms with E-state index in [1.54, 1.807) is 10.5 Å². The number of hydrogen-bond donors (Lipinski definition) is 0. The Morgan fingerprint density at radius 1 is 1.47 bits per heavy atom. The number of rotatable bonds is 4. The number of aromatic nitrogens is 1. The lowest BCUT2D eigenvalue weighted by Crippen LogP contribution is -2.38. The molecule has 5 heteroatoms. The molecule has 0 aromatic carbocycles. The van der Waals surface area contributed by atoms with Crippen LogP contribution in [-0.4, -0.2) is 30.5 Å². The summed E-state index contributed by atoms with van der Waals surface area (Å²) < 4.78 is 25.8. The summed E-state index contributed by atoms with van der Waals surface area (Å²) in [5.74, 6) is 0.309. The molecule has 0 amide bonds. The second-order valence-electron chi connectivity index (χ2n) is 5.68. The minimum absolute atomic E-state index is 0.0950.